The fourth-order valence-corrected chi connectivity index (χ4v) is 3.63. The number of amides is 1. The normalized spacial score (nSPS) is 15.0. The van der Waals surface area contributed by atoms with Crippen LogP contribution in [0.25, 0.3) is 11.1 Å². The van der Waals surface area contributed by atoms with Crippen LogP contribution in [0, 0.1) is 5.92 Å². The van der Waals surface area contributed by atoms with E-state index in [0.29, 0.717) is 16.7 Å². The second-order valence-corrected chi connectivity index (χ2v) is 7.34. The molecule has 0 radical (unpaired) electrons. The van der Waals surface area contributed by atoms with Crippen LogP contribution in [0.3, 0.4) is 0 Å². The fourth-order valence-electron chi connectivity index (χ4n) is 3.39. The largest absolute Gasteiger partial charge is 0.482 e. The third kappa shape index (κ3) is 5.47. The molecule has 2 aromatic rings. The van der Waals surface area contributed by atoms with E-state index in [1.807, 2.05) is 53.4 Å². The zero-order chi connectivity index (χ0) is 19.1. The predicted molar refractivity (Wildman–Crippen MR) is 110 cm³/mol. The number of nitrogens with one attached hydrogen (secondary N) is 1. The maximum Gasteiger partial charge on any atom is 0.260 e. The summed E-state index contributed by atoms with van der Waals surface area (Å²) < 4.78 is 5.70. The van der Waals surface area contributed by atoms with E-state index in [-0.39, 0.29) is 12.5 Å². The molecule has 2 aromatic carbocycles. The van der Waals surface area contributed by atoms with Crippen molar-refractivity contribution < 1.29 is 9.53 Å². The first-order valence-electron chi connectivity index (χ1n) is 9.63. The van der Waals surface area contributed by atoms with Gasteiger partial charge in [-0.3, -0.25) is 4.79 Å². The highest BCUT2D eigenvalue weighted by Gasteiger charge is 2.22. The summed E-state index contributed by atoms with van der Waals surface area (Å²) >= 11 is 6.36. The number of carbonyl (C=O) groups excluding carboxylic acids is 1. The van der Waals surface area contributed by atoms with E-state index in [1.165, 1.54) is 0 Å². The average Bonchev–Trinajstić information content (AvgIpc) is 2.72. The number of hydrogen-bond donors (Lipinski definition) is 1. The van der Waals surface area contributed by atoms with Gasteiger partial charge in [-0.15, -0.1) is 0 Å². The van der Waals surface area contributed by atoms with E-state index in [1.54, 1.807) is 0 Å². The van der Waals surface area contributed by atoms with E-state index in [4.69, 9.17) is 16.3 Å². The topological polar surface area (TPSA) is 41.6 Å². The van der Waals surface area contributed by atoms with Gasteiger partial charge < -0.3 is 15.0 Å². The van der Waals surface area contributed by atoms with Gasteiger partial charge in [0.1, 0.15) is 5.75 Å². The maximum atomic E-state index is 12.4. The Morgan fingerprint density at radius 1 is 1.15 bits per heavy atom. The predicted octanol–water partition coefficient (Wildman–Crippen LogP) is 4.23. The maximum absolute atomic E-state index is 12.4. The monoisotopic (exact) mass is 386 g/mol. The van der Waals surface area contributed by atoms with Crippen LogP contribution in [-0.4, -0.2) is 43.6 Å². The first-order chi connectivity index (χ1) is 13.2. The van der Waals surface area contributed by atoms with Gasteiger partial charge in [-0.05, 0) is 55.1 Å². The van der Waals surface area contributed by atoms with Crippen LogP contribution >= 0.6 is 11.6 Å². The minimum absolute atomic E-state index is 0.0279. The number of benzene rings is 2. The zero-order valence-corrected chi connectivity index (χ0v) is 16.5. The van der Waals surface area contributed by atoms with Crippen LogP contribution in [0.2, 0.25) is 5.02 Å². The lowest BCUT2D eigenvalue weighted by molar-refractivity contribution is -0.134. The molecule has 1 fully saturated rings. The molecule has 1 N–H and O–H groups in total. The van der Waals surface area contributed by atoms with Gasteiger partial charge in [0.15, 0.2) is 6.61 Å². The van der Waals surface area contributed by atoms with Crippen molar-refractivity contribution in [2.75, 3.05) is 32.8 Å². The number of halogens is 1. The van der Waals surface area contributed by atoms with Crippen LogP contribution in [0.1, 0.15) is 19.8 Å². The summed E-state index contributed by atoms with van der Waals surface area (Å²) in [6.07, 6.45) is 2.09. The van der Waals surface area contributed by atoms with Gasteiger partial charge >= 0.3 is 0 Å². The highest BCUT2D eigenvalue weighted by atomic mass is 35.5. The van der Waals surface area contributed by atoms with Gasteiger partial charge in [-0.25, -0.2) is 0 Å². The van der Waals surface area contributed by atoms with E-state index in [9.17, 15) is 4.79 Å². The molecule has 144 valence electrons. The Hall–Kier alpha value is -2.04. The molecule has 1 aliphatic rings. The minimum Gasteiger partial charge on any atom is -0.482 e. The zero-order valence-electron chi connectivity index (χ0n) is 15.8. The first-order valence-corrected chi connectivity index (χ1v) is 10.0. The third-order valence-electron chi connectivity index (χ3n) is 5.04. The molecular weight excluding hydrogens is 360 g/mol. The van der Waals surface area contributed by atoms with Crippen molar-refractivity contribution in [1.82, 2.24) is 10.2 Å². The summed E-state index contributed by atoms with van der Waals surface area (Å²) in [5.74, 6) is 1.24. The summed E-state index contributed by atoms with van der Waals surface area (Å²) in [5.41, 5.74) is 2.13. The number of rotatable bonds is 7. The number of ether oxygens (including phenoxy) is 1. The number of nitrogens with zero attached hydrogens (tertiary/aromatic N) is 1. The molecule has 0 aliphatic carbocycles. The number of carbonyl (C=O) groups is 1. The number of likely N-dealkylation sites (tertiary alicyclic amines) is 1. The van der Waals surface area contributed by atoms with Crippen LogP contribution in [0.15, 0.2) is 48.5 Å². The summed E-state index contributed by atoms with van der Waals surface area (Å²) in [6, 6.07) is 15.7. The van der Waals surface area contributed by atoms with Gasteiger partial charge in [0.25, 0.3) is 5.91 Å². The molecule has 0 bridgehead atoms. The molecule has 0 spiro atoms. The lowest BCUT2D eigenvalue weighted by Crippen LogP contribution is -2.42. The van der Waals surface area contributed by atoms with Crippen molar-refractivity contribution in [3.8, 4) is 16.9 Å². The van der Waals surface area contributed by atoms with E-state index in [2.05, 4.69) is 12.2 Å². The van der Waals surface area contributed by atoms with Crippen LogP contribution in [0.5, 0.6) is 5.75 Å². The lowest BCUT2D eigenvalue weighted by Gasteiger charge is -2.32. The Labute approximate surface area is 166 Å². The Morgan fingerprint density at radius 2 is 1.89 bits per heavy atom. The molecule has 0 unspecified atom stereocenters. The van der Waals surface area contributed by atoms with E-state index >= 15 is 0 Å². The van der Waals surface area contributed by atoms with E-state index in [0.717, 1.165) is 50.1 Å². The van der Waals surface area contributed by atoms with Gasteiger partial charge in [0.2, 0.25) is 0 Å². The quantitative estimate of drug-likeness (QED) is 0.774. The first kappa shape index (κ1) is 19.7. The number of piperidine rings is 1. The SMILES string of the molecule is CCNCC1CCN(C(=O)COc2ccc(-c3ccccc3)cc2Cl)CC1. The molecule has 1 amide bonds. The average molecular weight is 387 g/mol. The Morgan fingerprint density at radius 3 is 2.56 bits per heavy atom. The second-order valence-electron chi connectivity index (χ2n) is 6.93. The summed E-state index contributed by atoms with van der Waals surface area (Å²) in [4.78, 5) is 14.3. The standard InChI is InChI=1S/C22H27ClN2O2/c1-2-24-15-17-10-12-25(13-11-17)22(26)16-27-21-9-8-19(14-20(21)23)18-6-4-3-5-7-18/h3-9,14,17,24H,2,10-13,15-16H2,1H3. The van der Waals surface area contributed by atoms with Crippen molar-refractivity contribution in [3.63, 3.8) is 0 Å². The summed E-state index contributed by atoms with van der Waals surface area (Å²) in [5, 5.41) is 3.91. The molecule has 0 saturated carbocycles. The molecule has 3 rings (SSSR count). The van der Waals surface area contributed by atoms with Crippen molar-refractivity contribution in [2.45, 2.75) is 19.8 Å². The van der Waals surface area contributed by atoms with Gasteiger partial charge in [0, 0.05) is 13.1 Å². The molecule has 1 saturated heterocycles. The molecule has 0 atom stereocenters. The molecular formula is C22H27ClN2O2. The molecule has 27 heavy (non-hydrogen) atoms. The Bertz CT molecular complexity index is 743. The molecule has 5 heteroatoms. The minimum atomic E-state index is 0.0279. The highest BCUT2D eigenvalue weighted by molar-refractivity contribution is 6.32. The lowest BCUT2D eigenvalue weighted by atomic mass is 9.97. The molecule has 4 nitrogen and oxygen atoms in total. The van der Waals surface area contributed by atoms with Crippen molar-refractivity contribution in [2.24, 2.45) is 5.92 Å². The van der Waals surface area contributed by atoms with Crippen LogP contribution in [-0.2, 0) is 4.79 Å². The number of hydrogen-bond acceptors (Lipinski definition) is 3. The van der Waals surface area contributed by atoms with Crippen molar-refractivity contribution in [3.05, 3.63) is 53.6 Å². The van der Waals surface area contributed by atoms with Crippen molar-refractivity contribution in [1.29, 1.82) is 0 Å². The summed E-state index contributed by atoms with van der Waals surface area (Å²) in [6.45, 7) is 5.79. The fraction of sp³-hybridized carbons (Fsp3) is 0.409. The van der Waals surface area contributed by atoms with E-state index < -0.39 is 0 Å². The second kappa shape index (κ2) is 9.77. The Balaban J connectivity index is 1.51. The van der Waals surface area contributed by atoms with Crippen LogP contribution in [0.4, 0.5) is 0 Å². The van der Waals surface area contributed by atoms with Gasteiger partial charge in [0.05, 0.1) is 5.02 Å². The van der Waals surface area contributed by atoms with Crippen molar-refractivity contribution >= 4 is 17.5 Å². The Kier molecular flexibility index (Phi) is 7.13. The third-order valence-corrected chi connectivity index (χ3v) is 5.34. The highest BCUT2D eigenvalue weighted by Crippen LogP contribution is 2.30. The van der Waals surface area contributed by atoms with Gasteiger partial charge in [-0.2, -0.15) is 0 Å². The van der Waals surface area contributed by atoms with Crippen LogP contribution < -0.4 is 10.1 Å². The summed E-state index contributed by atoms with van der Waals surface area (Å²) in [7, 11) is 0. The van der Waals surface area contributed by atoms with Gasteiger partial charge in [-0.1, -0.05) is 54.9 Å². The smallest absolute Gasteiger partial charge is 0.260 e. The molecule has 1 heterocycles. The molecule has 1 aliphatic heterocycles. The molecule has 0 aromatic heterocycles.